The van der Waals surface area contributed by atoms with E-state index in [-0.39, 0.29) is 16.5 Å². The number of hydrogen-bond acceptors (Lipinski definition) is 2. The molecule has 2 aliphatic rings. The summed E-state index contributed by atoms with van der Waals surface area (Å²) in [6, 6.07) is 6.26. The van der Waals surface area contributed by atoms with E-state index < -0.39 is 37.9 Å². The summed E-state index contributed by atoms with van der Waals surface area (Å²) in [5, 5.41) is 0. The molecular formula is C21H17F5O2S. The van der Waals surface area contributed by atoms with Crippen molar-refractivity contribution in [3.63, 3.8) is 0 Å². The Hall–Kier alpha value is -2.22. The van der Waals surface area contributed by atoms with Crippen LogP contribution in [0.1, 0.15) is 42.4 Å². The van der Waals surface area contributed by atoms with Gasteiger partial charge in [-0.15, -0.1) is 0 Å². The van der Waals surface area contributed by atoms with Crippen LogP contribution in [0.15, 0.2) is 35.2 Å². The first-order chi connectivity index (χ1) is 13.6. The Labute approximate surface area is 165 Å². The Morgan fingerprint density at radius 2 is 1.48 bits per heavy atom. The highest BCUT2D eigenvalue weighted by atomic mass is 32.2. The SMILES string of the molecule is Cc1cc(C2=C(c3ccc(S(=O)(=O)C(F)F)cc3)CC3(CC3)C2)c(F)c(F)c1F. The fourth-order valence-electron chi connectivity index (χ4n) is 3.99. The van der Waals surface area contributed by atoms with Crippen LogP contribution in [0.25, 0.3) is 11.1 Å². The van der Waals surface area contributed by atoms with Gasteiger partial charge in [0.05, 0.1) is 4.90 Å². The summed E-state index contributed by atoms with van der Waals surface area (Å²) in [6.07, 6.45) is 2.92. The first-order valence-corrected chi connectivity index (χ1v) is 10.6. The number of halogens is 5. The molecule has 1 fully saturated rings. The van der Waals surface area contributed by atoms with Crippen molar-refractivity contribution in [2.45, 2.75) is 43.3 Å². The minimum atomic E-state index is -4.72. The van der Waals surface area contributed by atoms with Gasteiger partial charge in [0.25, 0.3) is 0 Å². The van der Waals surface area contributed by atoms with E-state index in [4.69, 9.17) is 0 Å². The number of alkyl halides is 2. The Morgan fingerprint density at radius 1 is 0.897 bits per heavy atom. The van der Waals surface area contributed by atoms with E-state index in [1.165, 1.54) is 25.1 Å². The molecule has 29 heavy (non-hydrogen) atoms. The highest BCUT2D eigenvalue weighted by Crippen LogP contribution is 2.63. The highest BCUT2D eigenvalue weighted by molar-refractivity contribution is 7.91. The van der Waals surface area contributed by atoms with Crippen molar-refractivity contribution in [2.75, 3.05) is 0 Å². The fourth-order valence-corrected chi connectivity index (χ4v) is 4.71. The molecule has 0 unspecified atom stereocenters. The maximum absolute atomic E-state index is 14.6. The molecule has 0 aliphatic heterocycles. The van der Waals surface area contributed by atoms with E-state index in [1.807, 2.05) is 0 Å². The molecule has 0 saturated heterocycles. The minimum absolute atomic E-state index is 0.00977. The van der Waals surface area contributed by atoms with Crippen LogP contribution < -0.4 is 0 Å². The summed E-state index contributed by atoms with van der Waals surface area (Å²) in [4.78, 5) is -0.507. The number of sulfone groups is 1. The maximum atomic E-state index is 14.6. The van der Waals surface area contributed by atoms with Crippen LogP contribution in [-0.2, 0) is 9.84 Å². The van der Waals surface area contributed by atoms with Crippen LogP contribution in [0.3, 0.4) is 0 Å². The van der Waals surface area contributed by atoms with Crippen LogP contribution in [-0.4, -0.2) is 14.2 Å². The molecule has 4 rings (SSSR count). The van der Waals surface area contributed by atoms with Gasteiger partial charge in [0, 0.05) is 5.56 Å². The third kappa shape index (κ3) is 3.27. The van der Waals surface area contributed by atoms with Crippen molar-refractivity contribution in [1.29, 1.82) is 0 Å². The molecule has 0 heterocycles. The van der Waals surface area contributed by atoms with E-state index in [0.29, 0.717) is 29.6 Å². The van der Waals surface area contributed by atoms with Crippen molar-refractivity contribution >= 4 is 21.0 Å². The van der Waals surface area contributed by atoms with Gasteiger partial charge < -0.3 is 0 Å². The largest absolute Gasteiger partial charge is 0.341 e. The molecule has 2 nitrogen and oxygen atoms in total. The Bertz CT molecular complexity index is 1130. The monoisotopic (exact) mass is 428 g/mol. The van der Waals surface area contributed by atoms with Crippen molar-refractivity contribution in [1.82, 2.24) is 0 Å². The predicted octanol–water partition coefficient (Wildman–Crippen LogP) is 5.89. The van der Waals surface area contributed by atoms with Gasteiger partial charge in [0.15, 0.2) is 17.5 Å². The third-order valence-corrected chi connectivity index (χ3v) is 7.24. The lowest BCUT2D eigenvalue weighted by atomic mass is 9.95. The molecule has 2 aliphatic carbocycles. The summed E-state index contributed by atoms with van der Waals surface area (Å²) in [5.74, 6) is -7.53. The van der Waals surface area contributed by atoms with E-state index in [9.17, 15) is 30.4 Å². The molecule has 154 valence electrons. The molecular weight excluding hydrogens is 411 g/mol. The standard InChI is InChI=1S/C21H17F5O2S/c1-11-8-14(18(23)19(24)17(11)22)16-10-21(6-7-21)9-15(16)12-2-4-13(5-3-12)29(27,28)20(25)26/h2-5,8,20H,6-7,9-10H2,1H3. The van der Waals surface area contributed by atoms with E-state index in [2.05, 4.69) is 0 Å². The van der Waals surface area contributed by atoms with Crippen molar-refractivity contribution in [3.05, 3.63) is 64.5 Å². The summed E-state index contributed by atoms with van der Waals surface area (Å²) < 4.78 is 91.0. The molecule has 0 N–H and O–H groups in total. The lowest BCUT2D eigenvalue weighted by molar-refractivity contribution is 0.234. The molecule has 2 aromatic carbocycles. The molecule has 0 aromatic heterocycles. The molecule has 0 amide bonds. The quantitative estimate of drug-likeness (QED) is 0.449. The van der Waals surface area contributed by atoms with Gasteiger partial charge in [-0.2, -0.15) is 8.78 Å². The fraction of sp³-hybridized carbons (Fsp3) is 0.333. The lowest BCUT2D eigenvalue weighted by Gasteiger charge is -2.12. The van der Waals surface area contributed by atoms with Crippen molar-refractivity contribution < 1.29 is 30.4 Å². The number of benzene rings is 2. The number of allylic oxidation sites excluding steroid dienone is 2. The van der Waals surface area contributed by atoms with Crippen LogP contribution >= 0.6 is 0 Å². The molecule has 0 bridgehead atoms. The maximum Gasteiger partial charge on any atom is 0.341 e. The second-order valence-corrected chi connectivity index (χ2v) is 9.74. The van der Waals surface area contributed by atoms with Crippen LogP contribution in [0.5, 0.6) is 0 Å². The van der Waals surface area contributed by atoms with Gasteiger partial charge in [0.1, 0.15) is 0 Å². The Kier molecular flexibility index (Phi) is 4.60. The third-order valence-electron chi connectivity index (χ3n) is 5.84. The van der Waals surface area contributed by atoms with Crippen LogP contribution in [0.2, 0.25) is 0 Å². The van der Waals surface area contributed by atoms with Crippen LogP contribution in [0.4, 0.5) is 22.0 Å². The minimum Gasteiger partial charge on any atom is -0.218 e. The van der Waals surface area contributed by atoms with Gasteiger partial charge in [-0.05, 0) is 78.5 Å². The molecule has 0 radical (unpaired) electrons. The molecule has 0 atom stereocenters. The summed E-state index contributed by atoms with van der Waals surface area (Å²) >= 11 is 0. The van der Waals surface area contributed by atoms with E-state index in [0.717, 1.165) is 25.0 Å². The van der Waals surface area contributed by atoms with Gasteiger partial charge >= 0.3 is 5.76 Å². The zero-order valence-corrected chi connectivity index (χ0v) is 16.2. The topological polar surface area (TPSA) is 34.1 Å². The average molecular weight is 428 g/mol. The number of hydrogen-bond donors (Lipinski definition) is 0. The van der Waals surface area contributed by atoms with Gasteiger partial charge in [-0.25, -0.2) is 21.6 Å². The second kappa shape index (κ2) is 6.65. The molecule has 2 aromatic rings. The van der Waals surface area contributed by atoms with Crippen LogP contribution in [0, 0.1) is 29.8 Å². The first-order valence-electron chi connectivity index (χ1n) is 9.05. The van der Waals surface area contributed by atoms with Gasteiger partial charge in [-0.1, -0.05) is 12.1 Å². The summed E-state index contributed by atoms with van der Waals surface area (Å²) in [6.45, 7) is 1.35. The van der Waals surface area contributed by atoms with Gasteiger partial charge in [0.2, 0.25) is 9.84 Å². The Morgan fingerprint density at radius 3 is 2.03 bits per heavy atom. The number of aryl methyl sites for hydroxylation is 1. The van der Waals surface area contributed by atoms with E-state index in [1.54, 1.807) is 0 Å². The van der Waals surface area contributed by atoms with Gasteiger partial charge in [-0.3, -0.25) is 0 Å². The zero-order chi connectivity index (χ0) is 21.1. The first kappa shape index (κ1) is 20.1. The molecule has 1 spiro atoms. The summed E-state index contributed by atoms with van der Waals surface area (Å²) in [7, 11) is -4.72. The summed E-state index contributed by atoms with van der Waals surface area (Å²) in [5.41, 5.74) is 1.73. The molecule has 8 heteroatoms. The zero-order valence-electron chi connectivity index (χ0n) is 15.4. The predicted molar refractivity (Wildman–Crippen MR) is 98.4 cm³/mol. The normalized spacial score (nSPS) is 18.2. The molecule has 1 saturated carbocycles. The average Bonchev–Trinajstić information content (AvgIpc) is 3.34. The second-order valence-electron chi connectivity index (χ2n) is 7.82. The van der Waals surface area contributed by atoms with Crippen molar-refractivity contribution in [3.8, 4) is 0 Å². The highest BCUT2D eigenvalue weighted by Gasteiger charge is 2.49. The van der Waals surface area contributed by atoms with E-state index >= 15 is 0 Å². The number of rotatable bonds is 4. The van der Waals surface area contributed by atoms with Crippen molar-refractivity contribution in [2.24, 2.45) is 5.41 Å². The lowest BCUT2D eigenvalue weighted by Crippen LogP contribution is -2.11. The smallest absolute Gasteiger partial charge is 0.218 e. The Balaban J connectivity index is 1.83.